The number of hydrogen-bond donors (Lipinski definition) is 1. The van der Waals surface area contributed by atoms with Crippen LogP contribution in [-0.2, 0) is 14.6 Å². The quantitative estimate of drug-likeness (QED) is 0.526. The van der Waals surface area contributed by atoms with Crippen LogP contribution in [-0.4, -0.2) is 37.6 Å². The zero-order valence-electron chi connectivity index (χ0n) is 15.4. The average molecular weight is 377 g/mol. The molecule has 1 unspecified atom stereocenters. The van der Waals surface area contributed by atoms with E-state index in [0.29, 0.717) is 37.0 Å². The van der Waals surface area contributed by atoms with E-state index in [1.807, 2.05) is 6.92 Å². The summed E-state index contributed by atoms with van der Waals surface area (Å²) in [4.78, 5) is 0.349. The fourth-order valence-corrected chi connectivity index (χ4v) is 4.53. The second-order valence-corrected chi connectivity index (χ2v) is 9.03. The third-order valence-electron chi connectivity index (χ3n) is 4.72. The third-order valence-corrected chi connectivity index (χ3v) is 6.48. The van der Waals surface area contributed by atoms with Gasteiger partial charge >= 0.3 is 0 Å². The molecule has 0 radical (unpaired) electrons. The highest BCUT2D eigenvalue weighted by Crippen LogP contribution is 2.30. The fourth-order valence-electron chi connectivity index (χ4n) is 3.15. The highest BCUT2D eigenvalue weighted by molar-refractivity contribution is 7.91. The normalized spacial score (nSPS) is 21.4. The molecular formula is C21H28O4S. The Labute approximate surface area is 156 Å². The molecule has 4 nitrogen and oxygen atoms in total. The van der Waals surface area contributed by atoms with Gasteiger partial charge in [0.25, 0.3) is 0 Å². The smallest absolute Gasteiger partial charge is 0.178 e. The first-order chi connectivity index (χ1) is 12.3. The first-order valence-electron chi connectivity index (χ1n) is 8.96. The summed E-state index contributed by atoms with van der Waals surface area (Å²) in [7, 11) is -3.29. The molecule has 1 saturated heterocycles. The minimum Gasteiger partial charge on any atom is -0.393 e. The van der Waals surface area contributed by atoms with Crippen molar-refractivity contribution < 1.29 is 18.3 Å². The van der Waals surface area contributed by atoms with Gasteiger partial charge in [0, 0.05) is 6.42 Å². The molecule has 0 aromatic heterocycles. The second-order valence-electron chi connectivity index (χ2n) is 6.92. The fraction of sp³-hybridized carbons (Fsp3) is 0.476. The van der Waals surface area contributed by atoms with Gasteiger partial charge in [0.05, 0.1) is 29.0 Å². The van der Waals surface area contributed by atoms with Crippen LogP contribution in [0, 0.1) is 0 Å². The molecule has 3 atom stereocenters. The average Bonchev–Trinajstić information content (AvgIpc) is 2.99. The van der Waals surface area contributed by atoms with Gasteiger partial charge in [0.1, 0.15) is 0 Å². The van der Waals surface area contributed by atoms with Crippen LogP contribution in [0.2, 0.25) is 0 Å². The lowest BCUT2D eigenvalue weighted by Gasteiger charge is -2.16. The molecule has 1 aliphatic rings. The Morgan fingerprint density at radius 3 is 2.69 bits per heavy atom. The summed E-state index contributed by atoms with van der Waals surface area (Å²) >= 11 is 0. The molecule has 1 fully saturated rings. The molecule has 0 saturated carbocycles. The van der Waals surface area contributed by atoms with Crippen LogP contribution < -0.4 is 0 Å². The number of ether oxygens (including phenoxy) is 1. The Balaban J connectivity index is 1.81. The maximum absolute atomic E-state index is 12.4. The van der Waals surface area contributed by atoms with Gasteiger partial charge in [-0.05, 0) is 55.9 Å². The van der Waals surface area contributed by atoms with Crippen molar-refractivity contribution in [1.82, 2.24) is 0 Å². The van der Waals surface area contributed by atoms with E-state index < -0.39 is 15.9 Å². The monoisotopic (exact) mass is 376 g/mol. The first-order valence-corrected chi connectivity index (χ1v) is 10.6. The van der Waals surface area contributed by atoms with Crippen LogP contribution in [0.1, 0.15) is 39.0 Å². The molecule has 1 aliphatic heterocycles. The molecule has 1 heterocycles. The number of hydrogen-bond acceptors (Lipinski definition) is 4. The van der Waals surface area contributed by atoms with Crippen LogP contribution in [0.4, 0.5) is 0 Å². The molecule has 142 valence electrons. The Morgan fingerprint density at radius 1 is 1.35 bits per heavy atom. The number of rotatable bonds is 9. The minimum atomic E-state index is -3.29. The maximum atomic E-state index is 12.4. The van der Waals surface area contributed by atoms with Crippen molar-refractivity contribution >= 4 is 9.84 Å². The second kappa shape index (κ2) is 9.33. The van der Waals surface area contributed by atoms with E-state index in [1.54, 1.807) is 30.3 Å². The zero-order chi connectivity index (χ0) is 19.2. The molecule has 0 amide bonds. The summed E-state index contributed by atoms with van der Waals surface area (Å²) in [6, 6.07) is 8.49. The summed E-state index contributed by atoms with van der Waals surface area (Å²) in [6.45, 7) is 9.53. The van der Waals surface area contributed by atoms with Gasteiger partial charge in [-0.15, -0.1) is 5.73 Å². The van der Waals surface area contributed by atoms with E-state index >= 15 is 0 Å². The van der Waals surface area contributed by atoms with Gasteiger partial charge in [-0.1, -0.05) is 31.4 Å². The summed E-state index contributed by atoms with van der Waals surface area (Å²) < 4.78 is 30.7. The highest BCUT2D eigenvalue weighted by atomic mass is 32.2. The SMILES string of the molecule is C=C=C(C)C[C@H](O)CCC1O[C@@H](CCS(=O)(=O)c2ccccc2)CC1=C. The number of sulfone groups is 1. The predicted molar refractivity (Wildman–Crippen MR) is 104 cm³/mol. The Kier molecular flexibility index (Phi) is 7.42. The maximum Gasteiger partial charge on any atom is 0.178 e. The van der Waals surface area contributed by atoms with Crippen molar-refractivity contribution in [1.29, 1.82) is 0 Å². The van der Waals surface area contributed by atoms with Crippen molar-refractivity contribution in [3.8, 4) is 0 Å². The van der Waals surface area contributed by atoms with Gasteiger partial charge in [0.2, 0.25) is 0 Å². The van der Waals surface area contributed by atoms with Gasteiger partial charge in [-0.2, -0.15) is 0 Å². The van der Waals surface area contributed by atoms with Crippen LogP contribution in [0.15, 0.2) is 65.3 Å². The van der Waals surface area contributed by atoms with Crippen molar-refractivity contribution in [3.63, 3.8) is 0 Å². The van der Waals surface area contributed by atoms with Gasteiger partial charge < -0.3 is 9.84 Å². The van der Waals surface area contributed by atoms with E-state index in [1.165, 1.54) is 0 Å². The molecule has 0 spiro atoms. The van der Waals surface area contributed by atoms with Crippen LogP contribution in [0.3, 0.4) is 0 Å². The summed E-state index contributed by atoms with van der Waals surface area (Å²) in [5.41, 5.74) is 4.70. The van der Waals surface area contributed by atoms with Crippen molar-refractivity contribution in [2.75, 3.05) is 5.75 Å². The Hall–Kier alpha value is -1.65. The number of aliphatic hydroxyl groups is 1. The number of benzene rings is 1. The van der Waals surface area contributed by atoms with Crippen molar-refractivity contribution in [2.45, 2.75) is 62.2 Å². The third kappa shape index (κ3) is 5.96. The topological polar surface area (TPSA) is 63.6 Å². The van der Waals surface area contributed by atoms with E-state index in [9.17, 15) is 13.5 Å². The lowest BCUT2D eigenvalue weighted by molar-refractivity contribution is 0.0369. The molecule has 5 heteroatoms. The van der Waals surface area contributed by atoms with Gasteiger partial charge in [0.15, 0.2) is 9.84 Å². The summed E-state index contributed by atoms with van der Waals surface area (Å²) in [5.74, 6) is 0.0631. The Bertz CT molecular complexity index is 760. The van der Waals surface area contributed by atoms with E-state index in [4.69, 9.17) is 4.74 Å². The predicted octanol–water partition coefficient (Wildman–Crippen LogP) is 3.83. The van der Waals surface area contributed by atoms with Crippen LogP contribution >= 0.6 is 0 Å². The summed E-state index contributed by atoms with van der Waals surface area (Å²) in [5, 5.41) is 10.0. The van der Waals surface area contributed by atoms with E-state index in [2.05, 4.69) is 18.9 Å². The standard InChI is InChI=1S/C21H28O4S/c1-4-16(2)14-18(22)10-11-21-17(3)15-19(25-21)12-13-26(23,24)20-8-6-5-7-9-20/h5-9,18-19,21-22H,1,3,10-15H2,2H3/t18-,19+,21?/m1/s1. The minimum absolute atomic E-state index is 0.0631. The Morgan fingerprint density at radius 2 is 2.04 bits per heavy atom. The largest absolute Gasteiger partial charge is 0.393 e. The van der Waals surface area contributed by atoms with Crippen LogP contribution in [0.5, 0.6) is 0 Å². The number of aliphatic hydroxyl groups excluding tert-OH is 1. The molecular weight excluding hydrogens is 348 g/mol. The molecule has 26 heavy (non-hydrogen) atoms. The lowest BCUT2D eigenvalue weighted by atomic mass is 10.00. The van der Waals surface area contributed by atoms with Crippen LogP contribution in [0.25, 0.3) is 0 Å². The lowest BCUT2D eigenvalue weighted by Crippen LogP contribution is -2.18. The van der Waals surface area contributed by atoms with Crippen molar-refractivity contribution in [3.05, 3.63) is 60.4 Å². The molecule has 0 aliphatic carbocycles. The van der Waals surface area contributed by atoms with Gasteiger partial charge in [-0.25, -0.2) is 8.42 Å². The molecule has 1 aromatic carbocycles. The van der Waals surface area contributed by atoms with E-state index in [0.717, 1.165) is 11.1 Å². The van der Waals surface area contributed by atoms with Gasteiger partial charge in [-0.3, -0.25) is 0 Å². The zero-order valence-corrected chi connectivity index (χ0v) is 16.2. The van der Waals surface area contributed by atoms with Crippen molar-refractivity contribution in [2.24, 2.45) is 0 Å². The molecule has 1 aromatic rings. The highest BCUT2D eigenvalue weighted by Gasteiger charge is 2.30. The molecule has 2 rings (SSSR count). The summed E-state index contributed by atoms with van der Waals surface area (Å²) in [6.07, 6.45) is 2.30. The first kappa shape index (κ1) is 20.7. The molecule has 0 bridgehead atoms. The molecule has 1 N–H and O–H groups in total. The van der Waals surface area contributed by atoms with E-state index in [-0.39, 0.29) is 18.0 Å².